The molecule has 1 rings (SSSR count). The zero-order valence-corrected chi connectivity index (χ0v) is 8.35. The van der Waals surface area contributed by atoms with Gasteiger partial charge in [0.15, 0.2) is 0 Å². The summed E-state index contributed by atoms with van der Waals surface area (Å²) in [5.74, 6) is 0. The van der Waals surface area contributed by atoms with E-state index in [4.69, 9.17) is 4.74 Å². The van der Waals surface area contributed by atoms with Crippen LogP contribution in [0.1, 0.15) is 25.7 Å². The van der Waals surface area contributed by atoms with Crippen molar-refractivity contribution in [2.24, 2.45) is 0 Å². The maximum absolute atomic E-state index is 5.62. The van der Waals surface area contributed by atoms with Crippen molar-refractivity contribution in [2.75, 3.05) is 11.9 Å². The topological polar surface area (TPSA) is 9.23 Å². The first-order valence-electron chi connectivity index (χ1n) is 4.24. The molecule has 11 heavy (non-hydrogen) atoms. The molecular formula is C9H15BrO. The fourth-order valence-corrected chi connectivity index (χ4v) is 1.50. The number of hydrogen-bond acceptors (Lipinski definition) is 1. The van der Waals surface area contributed by atoms with E-state index >= 15 is 0 Å². The lowest BCUT2D eigenvalue weighted by atomic mass is 9.98. The quantitative estimate of drug-likeness (QED) is 0.521. The summed E-state index contributed by atoms with van der Waals surface area (Å²) in [7, 11) is 0. The first-order chi connectivity index (χ1) is 5.43. The maximum atomic E-state index is 5.62. The monoisotopic (exact) mass is 218 g/mol. The van der Waals surface area contributed by atoms with Crippen LogP contribution < -0.4 is 0 Å². The van der Waals surface area contributed by atoms with E-state index in [2.05, 4.69) is 28.8 Å². The van der Waals surface area contributed by atoms with E-state index in [-0.39, 0.29) is 0 Å². The van der Waals surface area contributed by atoms with Gasteiger partial charge in [-0.1, -0.05) is 15.9 Å². The van der Waals surface area contributed by atoms with E-state index < -0.39 is 0 Å². The summed E-state index contributed by atoms with van der Waals surface area (Å²) in [5.41, 5.74) is 0. The Morgan fingerprint density at radius 3 is 2.82 bits per heavy atom. The van der Waals surface area contributed by atoms with E-state index in [1.165, 1.54) is 25.7 Å². The number of hydrogen-bond donors (Lipinski definition) is 0. The molecule has 0 bridgehead atoms. The van der Waals surface area contributed by atoms with Gasteiger partial charge in [0.1, 0.15) is 0 Å². The molecule has 0 N–H and O–H groups in total. The van der Waals surface area contributed by atoms with Gasteiger partial charge in [-0.25, -0.2) is 0 Å². The molecule has 0 amide bonds. The molecule has 0 heterocycles. The first-order valence-corrected chi connectivity index (χ1v) is 5.36. The zero-order chi connectivity index (χ0) is 7.94. The van der Waals surface area contributed by atoms with E-state index in [9.17, 15) is 0 Å². The molecule has 0 atom stereocenters. The fourth-order valence-electron chi connectivity index (χ4n) is 1.31. The summed E-state index contributed by atoms with van der Waals surface area (Å²) in [6.45, 7) is 0.802. The van der Waals surface area contributed by atoms with Crippen LogP contribution >= 0.6 is 15.9 Å². The van der Waals surface area contributed by atoms with Crippen molar-refractivity contribution in [1.29, 1.82) is 0 Å². The normalized spacial score (nSPS) is 20.5. The number of rotatable bonds is 4. The van der Waals surface area contributed by atoms with Gasteiger partial charge in [0.05, 0.1) is 12.7 Å². The first kappa shape index (κ1) is 9.53. The summed E-state index contributed by atoms with van der Waals surface area (Å²) in [6, 6.07) is 0. The second kappa shape index (κ2) is 6.01. The summed E-state index contributed by atoms with van der Waals surface area (Å²) >= 11 is 3.33. The van der Waals surface area contributed by atoms with Crippen molar-refractivity contribution in [2.45, 2.75) is 31.8 Å². The largest absolute Gasteiger partial charge is 0.378 e. The van der Waals surface area contributed by atoms with Crippen LogP contribution in [-0.2, 0) is 4.74 Å². The maximum Gasteiger partial charge on any atom is 0.0575 e. The van der Waals surface area contributed by atoms with Crippen LogP contribution in [0.15, 0.2) is 0 Å². The van der Waals surface area contributed by atoms with Crippen molar-refractivity contribution in [1.82, 2.24) is 0 Å². The highest BCUT2D eigenvalue weighted by Gasteiger charge is 2.12. The molecule has 1 aliphatic rings. The molecule has 0 aromatic carbocycles. The molecule has 1 nitrogen and oxygen atoms in total. The van der Waals surface area contributed by atoms with Crippen LogP contribution in [0.4, 0.5) is 0 Å². The van der Waals surface area contributed by atoms with Crippen LogP contribution in [0.3, 0.4) is 0 Å². The van der Waals surface area contributed by atoms with E-state index in [1.807, 2.05) is 0 Å². The van der Waals surface area contributed by atoms with Gasteiger partial charge in [0, 0.05) is 5.33 Å². The summed E-state index contributed by atoms with van der Waals surface area (Å²) in [5, 5.41) is 0.936. The van der Waals surface area contributed by atoms with Crippen LogP contribution in [0, 0.1) is 12.8 Å². The minimum atomic E-state index is 0.523. The van der Waals surface area contributed by atoms with E-state index in [0.717, 1.165) is 11.9 Å². The number of ether oxygens (including phenoxy) is 1. The van der Waals surface area contributed by atoms with E-state index in [0.29, 0.717) is 6.10 Å². The lowest BCUT2D eigenvalue weighted by Crippen LogP contribution is -2.17. The predicted molar refractivity (Wildman–Crippen MR) is 50.6 cm³/mol. The van der Waals surface area contributed by atoms with Crippen LogP contribution in [0.25, 0.3) is 0 Å². The molecule has 0 aromatic heterocycles. The Kier molecular flexibility index (Phi) is 5.21. The van der Waals surface area contributed by atoms with Gasteiger partial charge in [-0.2, -0.15) is 0 Å². The Labute approximate surface area is 77.6 Å². The molecule has 1 fully saturated rings. The van der Waals surface area contributed by atoms with Crippen LogP contribution in [-0.4, -0.2) is 18.0 Å². The van der Waals surface area contributed by atoms with Gasteiger partial charge in [0.2, 0.25) is 0 Å². The number of alkyl halides is 1. The third kappa shape index (κ3) is 4.12. The fraction of sp³-hybridized carbons (Fsp3) is 0.778. The Morgan fingerprint density at radius 1 is 1.45 bits per heavy atom. The highest BCUT2D eigenvalue weighted by atomic mass is 79.9. The van der Waals surface area contributed by atoms with Gasteiger partial charge in [-0.3, -0.25) is 0 Å². The summed E-state index contributed by atoms with van der Waals surface area (Å²) in [4.78, 5) is 0. The summed E-state index contributed by atoms with van der Waals surface area (Å²) < 4.78 is 5.62. The molecule has 0 spiro atoms. The smallest absolute Gasteiger partial charge is 0.0575 e. The summed E-state index contributed by atoms with van der Waals surface area (Å²) in [6.07, 6.45) is 9.90. The Morgan fingerprint density at radius 2 is 2.18 bits per heavy atom. The van der Waals surface area contributed by atoms with Gasteiger partial charge in [0.25, 0.3) is 0 Å². The Balaban J connectivity index is 1.96. The van der Waals surface area contributed by atoms with E-state index in [1.54, 1.807) is 0 Å². The predicted octanol–water partition coefficient (Wildman–Crippen LogP) is 2.75. The van der Waals surface area contributed by atoms with Gasteiger partial charge in [-0.15, -0.1) is 0 Å². The minimum Gasteiger partial charge on any atom is -0.378 e. The zero-order valence-electron chi connectivity index (χ0n) is 6.76. The molecule has 1 aliphatic carbocycles. The van der Waals surface area contributed by atoms with Crippen molar-refractivity contribution < 1.29 is 4.74 Å². The van der Waals surface area contributed by atoms with Gasteiger partial charge < -0.3 is 4.74 Å². The molecule has 64 valence electrons. The Hall–Kier alpha value is 0.440. The molecule has 0 aliphatic heterocycles. The highest BCUT2D eigenvalue weighted by molar-refractivity contribution is 9.09. The molecule has 2 heteroatoms. The molecule has 0 unspecified atom stereocenters. The lowest BCUT2D eigenvalue weighted by Gasteiger charge is -2.21. The SMILES string of the molecule is BrC[CH]COC1CC[CH]CC1. The minimum absolute atomic E-state index is 0.523. The van der Waals surface area contributed by atoms with Crippen molar-refractivity contribution in [3.05, 3.63) is 12.8 Å². The molecule has 0 aromatic rings. The van der Waals surface area contributed by atoms with Crippen LogP contribution in [0.2, 0.25) is 0 Å². The van der Waals surface area contributed by atoms with Crippen LogP contribution in [0.5, 0.6) is 0 Å². The average molecular weight is 219 g/mol. The van der Waals surface area contributed by atoms with Gasteiger partial charge in [-0.05, 0) is 38.5 Å². The van der Waals surface area contributed by atoms with Crippen molar-refractivity contribution in [3.63, 3.8) is 0 Å². The third-order valence-electron chi connectivity index (χ3n) is 1.94. The molecule has 1 saturated carbocycles. The Bertz CT molecular complexity index is 89.6. The average Bonchev–Trinajstić information content (AvgIpc) is 2.07. The highest BCUT2D eigenvalue weighted by Crippen LogP contribution is 2.19. The van der Waals surface area contributed by atoms with Crippen molar-refractivity contribution >= 4 is 15.9 Å². The molecule has 0 saturated heterocycles. The second-order valence-corrected chi connectivity index (χ2v) is 3.49. The molecule has 2 radical (unpaired) electrons. The van der Waals surface area contributed by atoms with Crippen molar-refractivity contribution in [3.8, 4) is 0 Å². The lowest BCUT2D eigenvalue weighted by molar-refractivity contribution is 0.0487. The molecular weight excluding hydrogens is 204 g/mol. The second-order valence-electron chi connectivity index (χ2n) is 2.84. The standard InChI is InChI=1S/C9H15BrO/c10-7-4-8-11-9-5-2-1-3-6-9/h1,4,9H,2-3,5-8H2. The van der Waals surface area contributed by atoms with Gasteiger partial charge >= 0.3 is 0 Å². The number of halogens is 1. The third-order valence-corrected chi connectivity index (χ3v) is 2.40.